The van der Waals surface area contributed by atoms with Crippen LogP contribution in [0.25, 0.3) is 0 Å². The summed E-state index contributed by atoms with van der Waals surface area (Å²) in [5.74, 6) is 0.219. The standard InChI is InChI=1S/C29H39N5O2/c1-2-23-10-12-24(13-11-23)25-20-26(22-34(21-25)29(36)33-14-6-7-15-33)30-28(35)32-18-16-31(17-19-32)27-8-4-3-5-9-27/h3-5,8-13,25-26H,2,6-7,14-22H2,1H3,(H,30,35). The van der Waals surface area contributed by atoms with Crippen molar-refractivity contribution in [2.75, 3.05) is 57.3 Å². The minimum Gasteiger partial charge on any atom is -0.368 e. The summed E-state index contributed by atoms with van der Waals surface area (Å²) in [7, 11) is 0. The SMILES string of the molecule is CCc1ccc(C2CC(NC(=O)N3CCN(c4ccccc4)CC3)CN(C(=O)N3CCCC3)C2)cc1. The first-order valence-corrected chi connectivity index (χ1v) is 13.6. The highest BCUT2D eigenvalue weighted by atomic mass is 16.2. The first-order chi connectivity index (χ1) is 17.6. The number of hydrogen-bond donors (Lipinski definition) is 1. The molecule has 5 rings (SSSR count). The highest BCUT2D eigenvalue weighted by Gasteiger charge is 2.35. The Kier molecular flexibility index (Phi) is 7.63. The number of aryl methyl sites for hydroxylation is 1. The Morgan fingerprint density at radius 2 is 1.50 bits per heavy atom. The van der Waals surface area contributed by atoms with Crippen LogP contribution in [0.3, 0.4) is 0 Å². The van der Waals surface area contributed by atoms with Crippen molar-refractivity contribution in [3.05, 3.63) is 65.7 Å². The van der Waals surface area contributed by atoms with Gasteiger partial charge in [0.2, 0.25) is 0 Å². The average molecular weight is 490 g/mol. The number of nitrogens with one attached hydrogen (secondary N) is 1. The van der Waals surface area contributed by atoms with E-state index in [2.05, 4.69) is 65.7 Å². The molecule has 2 atom stereocenters. The number of carbonyl (C=O) groups excluding carboxylic acids is 2. The fraction of sp³-hybridized carbons (Fsp3) is 0.517. The van der Waals surface area contributed by atoms with Gasteiger partial charge in [-0.2, -0.15) is 0 Å². The van der Waals surface area contributed by atoms with Crippen LogP contribution < -0.4 is 10.2 Å². The summed E-state index contributed by atoms with van der Waals surface area (Å²) in [6, 6.07) is 19.2. The molecule has 0 spiro atoms. The maximum atomic E-state index is 13.3. The van der Waals surface area contributed by atoms with E-state index >= 15 is 0 Å². The smallest absolute Gasteiger partial charge is 0.320 e. The number of urea groups is 2. The monoisotopic (exact) mass is 489 g/mol. The Balaban J connectivity index is 1.24. The molecule has 1 N–H and O–H groups in total. The molecule has 36 heavy (non-hydrogen) atoms. The number of piperidine rings is 1. The summed E-state index contributed by atoms with van der Waals surface area (Å²) in [6.45, 7) is 8.19. The molecule has 3 fully saturated rings. The first kappa shape index (κ1) is 24.5. The lowest BCUT2D eigenvalue weighted by Crippen LogP contribution is -2.58. The van der Waals surface area contributed by atoms with Crippen LogP contribution in [0, 0.1) is 0 Å². The molecule has 0 radical (unpaired) electrons. The van der Waals surface area contributed by atoms with E-state index < -0.39 is 0 Å². The molecule has 0 aromatic heterocycles. The fourth-order valence-electron chi connectivity index (χ4n) is 5.81. The molecule has 2 aromatic carbocycles. The molecular weight excluding hydrogens is 450 g/mol. The molecule has 0 saturated carbocycles. The molecule has 4 amide bonds. The first-order valence-electron chi connectivity index (χ1n) is 13.6. The van der Waals surface area contributed by atoms with E-state index in [1.807, 2.05) is 20.8 Å². The Labute approximate surface area is 215 Å². The maximum Gasteiger partial charge on any atom is 0.320 e. The Morgan fingerprint density at radius 1 is 0.806 bits per heavy atom. The Morgan fingerprint density at radius 3 is 2.17 bits per heavy atom. The van der Waals surface area contributed by atoms with Gasteiger partial charge in [0.25, 0.3) is 0 Å². The second kappa shape index (κ2) is 11.2. The van der Waals surface area contributed by atoms with Gasteiger partial charge in [0, 0.05) is 70.0 Å². The largest absolute Gasteiger partial charge is 0.368 e. The normalized spacial score (nSPS) is 22.6. The molecule has 3 heterocycles. The second-order valence-corrected chi connectivity index (χ2v) is 10.4. The molecule has 3 aliphatic rings. The third-order valence-electron chi connectivity index (χ3n) is 7.97. The van der Waals surface area contributed by atoms with Crippen LogP contribution in [0.1, 0.15) is 43.2 Å². The summed E-state index contributed by atoms with van der Waals surface area (Å²) < 4.78 is 0. The number of nitrogens with zero attached hydrogens (tertiary/aromatic N) is 4. The van der Waals surface area contributed by atoms with Gasteiger partial charge < -0.3 is 24.9 Å². The van der Waals surface area contributed by atoms with Crippen molar-refractivity contribution in [2.45, 2.75) is 44.6 Å². The van der Waals surface area contributed by atoms with Crippen LogP contribution in [0.4, 0.5) is 15.3 Å². The van der Waals surface area contributed by atoms with E-state index in [4.69, 9.17) is 0 Å². The molecule has 3 saturated heterocycles. The lowest BCUT2D eigenvalue weighted by Gasteiger charge is -2.41. The number of para-hydroxylation sites is 1. The number of benzene rings is 2. The van der Waals surface area contributed by atoms with Gasteiger partial charge in [-0.3, -0.25) is 0 Å². The summed E-state index contributed by atoms with van der Waals surface area (Å²) in [5.41, 5.74) is 3.78. The van der Waals surface area contributed by atoms with E-state index in [9.17, 15) is 9.59 Å². The molecule has 192 valence electrons. The van der Waals surface area contributed by atoms with Gasteiger partial charge in [-0.25, -0.2) is 9.59 Å². The highest BCUT2D eigenvalue weighted by molar-refractivity contribution is 5.76. The Bertz CT molecular complexity index is 1010. The number of amides is 4. The van der Waals surface area contributed by atoms with Crippen molar-refractivity contribution in [3.8, 4) is 0 Å². The van der Waals surface area contributed by atoms with Gasteiger partial charge in [-0.1, -0.05) is 49.4 Å². The average Bonchev–Trinajstić information content (AvgIpc) is 3.48. The molecule has 7 heteroatoms. The molecule has 0 aliphatic carbocycles. The number of carbonyl (C=O) groups is 2. The zero-order valence-electron chi connectivity index (χ0n) is 21.4. The van der Waals surface area contributed by atoms with Crippen LogP contribution in [0.5, 0.6) is 0 Å². The molecule has 2 aromatic rings. The van der Waals surface area contributed by atoms with Crippen molar-refractivity contribution in [1.82, 2.24) is 20.0 Å². The van der Waals surface area contributed by atoms with Gasteiger partial charge >= 0.3 is 12.1 Å². The summed E-state index contributed by atoms with van der Waals surface area (Å²) >= 11 is 0. The number of piperazine rings is 1. The number of anilines is 1. The third kappa shape index (κ3) is 5.61. The highest BCUT2D eigenvalue weighted by Crippen LogP contribution is 2.29. The predicted octanol–water partition coefficient (Wildman–Crippen LogP) is 4.15. The molecule has 7 nitrogen and oxygen atoms in total. The van der Waals surface area contributed by atoms with Gasteiger partial charge in [0.05, 0.1) is 0 Å². The van der Waals surface area contributed by atoms with Crippen molar-refractivity contribution in [2.24, 2.45) is 0 Å². The second-order valence-electron chi connectivity index (χ2n) is 10.4. The predicted molar refractivity (Wildman–Crippen MR) is 144 cm³/mol. The van der Waals surface area contributed by atoms with E-state index in [1.165, 1.54) is 16.8 Å². The van der Waals surface area contributed by atoms with Gasteiger partial charge in [0.15, 0.2) is 0 Å². The van der Waals surface area contributed by atoms with Crippen LogP contribution in [-0.2, 0) is 6.42 Å². The third-order valence-corrected chi connectivity index (χ3v) is 7.97. The molecule has 0 bridgehead atoms. The quantitative estimate of drug-likeness (QED) is 0.702. The zero-order valence-corrected chi connectivity index (χ0v) is 21.4. The van der Waals surface area contributed by atoms with Crippen molar-refractivity contribution in [3.63, 3.8) is 0 Å². The fourth-order valence-corrected chi connectivity index (χ4v) is 5.81. The summed E-state index contributed by atoms with van der Waals surface area (Å²) in [5, 5.41) is 3.30. The van der Waals surface area contributed by atoms with E-state index in [1.54, 1.807) is 0 Å². The van der Waals surface area contributed by atoms with Crippen molar-refractivity contribution in [1.29, 1.82) is 0 Å². The van der Waals surface area contributed by atoms with Crippen molar-refractivity contribution >= 4 is 17.7 Å². The molecular formula is C29H39N5O2. The van der Waals surface area contributed by atoms with Crippen LogP contribution in [-0.4, -0.2) is 85.2 Å². The summed E-state index contributed by atoms with van der Waals surface area (Å²) in [4.78, 5) is 34.8. The minimum atomic E-state index is -0.0548. The molecule has 2 unspecified atom stereocenters. The Hall–Kier alpha value is -3.22. The van der Waals surface area contributed by atoms with E-state index in [-0.39, 0.29) is 24.0 Å². The van der Waals surface area contributed by atoms with Gasteiger partial charge in [-0.05, 0) is 48.9 Å². The van der Waals surface area contributed by atoms with Crippen LogP contribution >= 0.6 is 0 Å². The van der Waals surface area contributed by atoms with Crippen molar-refractivity contribution < 1.29 is 9.59 Å². The zero-order chi connectivity index (χ0) is 24.9. The molecule has 3 aliphatic heterocycles. The van der Waals surface area contributed by atoms with E-state index in [0.29, 0.717) is 26.2 Å². The number of likely N-dealkylation sites (tertiary alicyclic amines) is 2. The van der Waals surface area contributed by atoms with Crippen LogP contribution in [0.2, 0.25) is 0 Å². The lowest BCUT2D eigenvalue weighted by atomic mass is 9.87. The van der Waals surface area contributed by atoms with Crippen LogP contribution in [0.15, 0.2) is 54.6 Å². The topological polar surface area (TPSA) is 59.1 Å². The van der Waals surface area contributed by atoms with Gasteiger partial charge in [0.1, 0.15) is 0 Å². The minimum absolute atomic E-state index is 0.0109. The maximum absolute atomic E-state index is 13.3. The number of hydrogen-bond acceptors (Lipinski definition) is 3. The lowest BCUT2D eigenvalue weighted by molar-refractivity contribution is 0.131. The van der Waals surface area contributed by atoms with E-state index in [0.717, 1.165) is 51.9 Å². The van der Waals surface area contributed by atoms with Gasteiger partial charge in [-0.15, -0.1) is 0 Å². The summed E-state index contributed by atoms with van der Waals surface area (Å²) in [6.07, 6.45) is 4.03. The number of rotatable bonds is 4.